The molecule has 1 N–H and O–H groups in total. The van der Waals surface area contributed by atoms with Crippen LogP contribution in [-0.4, -0.2) is 51.4 Å². The van der Waals surface area contributed by atoms with Crippen LogP contribution in [0.4, 0.5) is 5.69 Å². The molecule has 0 radical (unpaired) electrons. The molecule has 0 heterocycles. The highest BCUT2D eigenvalue weighted by atomic mass is 35.5. The summed E-state index contributed by atoms with van der Waals surface area (Å²) >= 11 is 12.5. The largest absolute Gasteiger partial charge is 0.497 e. The standard InChI is InChI=1S/C29H33Cl2N3O5S/c1-20(2)17-32-29(36)21(3)33(18-22-10-11-23(30)16-27(22)31)28(35)19-34(24-8-6-5-7-9-24)40(37,38)26-14-12-25(39-4)13-15-26/h5-16,20-21H,17-19H2,1-4H3,(H,32,36). The Morgan fingerprint density at radius 2 is 1.60 bits per heavy atom. The van der Waals surface area contributed by atoms with Gasteiger partial charge in [0.1, 0.15) is 18.3 Å². The normalized spacial score (nSPS) is 12.1. The Morgan fingerprint density at radius 1 is 0.950 bits per heavy atom. The van der Waals surface area contributed by atoms with Crippen LogP contribution in [0, 0.1) is 5.92 Å². The Kier molecular flexibility index (Phi) is 10.8. The van der Waals surface area contributed by atoms with Gasteiger partial charge in [0.15, 0.2) is 0 Å². The molecule has 0 spiro atoms. The number of hydrogen-bond donors (Lipinski definition) is 1. The maximum Gasteiger partial charge on any atom is 0.264 e. The predicted octanol–water partition coefficient (Wildman–Crippen LogP) is 5.39. The molecule has 1 unspecified atom stereocenters. The maximum atomic E-state index is 13.9. The van der Waals surface area contributed by atoms with Gasteiger partial charge in [0.05, 0.1) is 17.7 Å². The topological polar surface area (TPSA) is 96.0 Å². The van der Waals surface area contributed by atoms with Gasteiger partial charge in [0.2, 0.25) is 11.8 Å². The van der Waals surface area contributed by atoms with Crippen LogP contribution < -0.4 is 14.4 Å². The monoisotopic (exact) mass is 605 g/mol. The zero-order valence-corrected chi connectivity index (χ0v) is 25.1. The molecule has 0 saturated heterocycles. The van der Waals surface area contributed by atoms with Crippen molar-refractivity contribution in [3.8, 4) is 5.75 Å². The van der Waals surface area contributed by atoms with Gasteiger partial charge in [-0.1, -0.05) is 61.3 Å². The maximum absolute atomic E-state index is 13.9. The van der Waals surface area contributed by atoms with Crippen molar-refractivity contribution in [2.75, 3.05) is 24.5 Å². The van der Waals surface area contributed by atoms with E-state index in [0.717, 1.165) is 4.31 Å². The zero-order chi connectivity index (χ0) is 29.4. The molecule has 0 aliphatic carbocycles. The second kappa shape index (κ2) is 13.9. The molecule has 11 heteroatoms. The average molecular weight is 607 g/mol. The molecular formula is C29H33Cl2N3O5S. The van der Waals surface area contributed by atoms with Crippen molar-refractivity contribution in [2.45, 2.75) is 38.3 Å². The highest BCUT2D eigenvalue weighted by Gasteiger charge is 2.32. The SMILES string of the molecule is COc1ccc(S(=O)(=O)N(CC(=O)N(Cc2ccc(Cl)cc2Cl)C(C)C(=O)NCC(C)C)c2ccccc2)cc1. The van der Waals surface area contributed by atoms with Crippen molar-refractivity contribution in [1.82, 2.24) is 10.2 Å². The van der Waals surface area contributed by atoms with Crippen molar-refractivity contribution >= 4 is 50.7 Å². The van der Waals surface area contributed by atoms with Gasteiger partial charge >= 0.3 is 0 Å². The van der Waals surface area contributed by atoms with Crippen LogP contribution in [0.15, 0.2) is 77.7 Å². The third-order valence-electron chi connectivity index (χ3n) is 6.18. The second-order valence-corrected chi connectivity index (χ2v) is 12.3. The molecule has 40 heavy (non-hydrogen) atoms. The summed E-state index contributed by atoms with van der Waals surface area (Å²) in [7, 11) is -2.69. The molecule has 8 nitrogen and oxygen atoms in total. The smallest absolute Gasteiger partial charge is 0.264 e. The molecule has 3 aromatic rings. The molecule has 0 aliphatic rings. The van der Waals surface area contributed by atoms with Crippen LogP contribution in [0.1, 0.15) is 26.3 Å². The molecule has 1 atom stereocenters. The summed E-state index contributed by atoms with van der Waals surface area (Å²) in [5.41, 5.74) is 0.861. The Morgan fingerprint density at radius 3 is 2.17 bits per heavy atom. The Balaban J connectivity index is 2.01. The summed E-state index contributed by atoms with van der Waals surface area (Å²) in [6.45, 7) is 5.37. The minimum absolute atomic E-state index is 0.0139. The van der Waals surface area contributed by atoms with E-state index in [1.807, 2.05) is 13.8 Å². The Hall–Kier alpha value is -3.27. The lowest BCUT2D eigenvalue weighted by atomic mass is 10.1. The molecular weight excluding hydrogens is 573 g/mol. The number of anilines is 1. The molecule has 3 rings (SSSR count). The fourth-order valence-corrected chi connectivity index (χ4v) is 5.75. The minimum atomic E-state index is -4.18. The number of para-hydroxylation sites is 1. The van der Waals surface area contributed by atoms with Crippen molar-refractivity contribution in [3.63, 3.8) is 0 Å². The number of ether oxygens (including phenoxy) is 1. The van der Waals surface area contributed by atoms with Gasteiger partial charge in [-0.25, -0.2) is 8.42 Å². The van der Waals surface area contributed by atoms with Gasteiger partial charge < -0.3 is 15.0 Å². The number of hydrogen-bond acceptors (Lipinski definition) is 5. The van der Waals surface area contributed by atoms with E-state index in [1.54, 1.807) is 55.5 Å². The number of rotatable bonds is 12. The first kappa shape index (κ1) is 31.3. The highest BCUT2D eigenvalue weighted by Crippen LogP contribution is 2.27. The van der Waals surface area contributed by atoms with E-state index >= 15 is 0 Å². The fourth-order valence-electron chi connectivity index (χ4n) is 3.87. The molecule has 3 aromatic carbocycles. The Labute approximate surface area is 245 Å². The highest BCUT2D eigenvalue weighted by molar-refractivity contribution is 7.92. The molecule has 0 fully saturated rings. The third-order valence-corrected chi connectivity index (χ3v) is 8.55. The number of benzene rings is 3. The van der Waals surface area contributed by atoms with Crippen LogP contribution in [0.2, 0.25) is 10.0 Å². The first-order valence-electron chi connectivity index (χ1n) is 12.7. The van der Waals surface area contributed by atoms with Gasteiger partial charge in [0.25, 0.3) is 10.0 Å². The van der Waals surface area contributed by atoms with Gasteiger partial charge in [0, 0.05) is 23.1 Å². The summed E-state index contributed by atoms with van der Waals surface area (Å²) < 4.78 is 33.8. The average Bonchev–Trinajstić information content (AvgIpc) is 2.94. The van der Waals surface area contributed by atoms with Crippen molar-refractivity contribution in [2.24, 2.45) is 5.92 Å². The zero-order valence-electron chi connectivity index (χ0n) is 22.8. The van der Waals surface area contributed by atoms with Gasteiger partial charge in [-0.2, -0.15) is 0 Å². The third kappa shape index (κ3) is 7.90. The summed E-state index contributed by atoms with van der Waals surface area (Å²) in [5, 5.41) is 3.60. The van der Waals surface area contributed by atoms with E-state index in [0.29, 0.717) is 33.6 Å². The molecule has 0 bridgehead atoms. The summed E-state index contributed by atoms with van der Waals surface area (Å²) in [5.74, 6) is -0.252. The first-order valence-corrected chi connectivity index (χ1v) is 14.9. The minimum Gasteiger partial charge on any atom is -0.497 e. The molecule has 2 amide bonds. The first-order chi connectivity index (χ1) is 18.9. The van der Waals surface area contributed by atoms with Crippen LogP contribution in [0.25, 0.3) is 0 Å². The number of carbonyl (C=O) groups excluding carboxylic acids is 2. The van der Waals surface area contributed by atoms with Crippen molar-refractivity contribution in [1.29, 1.82) is 0 Å². The lowest BCUT2D eigenvalue weighted by molar-refractivity contribution is -0.139. The lowest BCUT2D eigenvalue weighted by Crippen LogP contribution is -2.51. The van der Waals surface area contributed by atoms with Crippen LogP contribution in [-0.2, 0) is 26.2 Å². The second-order valence-electron chi connectivity index (χ2n) is 9.60. The number of methoxy groups -OCH3 is 1. The van der Waals surface area contributed by atoms with Crippen LogP contribution >= 0.6 is 23.2 Å². The van der Waals surface area contributed by atoms with Gasteiger partial charge in [-0.3, -0.25) is 13.9 Å². The van der Waals surface area contributed by atoms with Gasteiger partial charge in [-0.15, -0.1) is 0 Å². The Bertz CT molecular complexity index is 1420. The number of halogens is 2. The predicted molar refractivity (Wildman–Crippen MR) is 158 cm³/mol. The van der Waals surface area contributed by atoms with Crippen molar-refractivity contribution in [3.05, 3.63) is 88.4 Å². The summed E-state index contributed by atoms with van der Waals surface area (Å²) in [6.07, 6.45) is 0. The molecule has 0 aromatic heterocycles. The molecule has 0 saturated carbocycles. The van der Waals surface area contributed by atoms with Crippen molar-refractivity contribution < 1.29 is 22.7 Å². The van der Waals surface area contributed by atoms with Crippen LogP contribution in [0.5, 0.6) is 5.75 Å². The van der Waals surface area contributed by atoms with E-state index in [-0.39, 0.29) is 23.3 Å². The number of nitrogens with zero attached hydrogens (tertiary/aromatic N) is 2. The number of nitrogens with one attached hydrogen (secondary N) is 1. The fraction of sp³-hybridized carbons (Fsp3) is 0.310. The van der Waals surface area contributed by atoms with Gasteiger partial charge in [-0.05, 0) is 66.9 Å². The number of amides is 2. The van der Waals surface area contributed by atoms with E-state index < -0.39 is 28.5 Å². The van der Waals surface area contributed by atoms with Crippen LogP contribution in [0.3, 0.4) is 0 Å². The number of carbonyl (C=O) groups is 2. The number of sulfonamides is 1. The van der Waals surface area contributed by atoms with E-state index in [2.05, 4.69) is 5.32 Å². The molecule has 0 aliphatic heterocycles. The van der Waals surface area contributed by atoms with E-state index in [9.17, 15) is 18.0 Å². The summed E-state index contributed by atoms with van der Waals surface area (Å²) in [6, 6.07) is 18.2. The molecule has 214 valence electrons. The van der Waals surface area contributed by atoms with E-state index in [4.69, 9.17) is 27.9 Å². The van der Waals surface area contributed by atoms with E-state index in [1.165, 1.54) is 36.3 Å². The summed E-state index contributed by atoms with van der Waals surface area (Å²) in [4.78, 5) is 28.3. The lowest BCUT2D eigenvalue weighted by Gasteiger charge is -2.32. The quantitative estimate of drug-likeness (QED) is 0.299.